The lowest BCUT2D eigenvalue weighted by Crippen LogP contribution is -2.23. The molecule has 0 bridgehead atoms. The molecule has 3 heteroatoms. The normalized spacial score (nSPS) is 15.7. The van der Waals surface area contributed by atoms with Crippen LogP contribution in [0.2, 0.25) is 0 Å². The molecular formula is C9H14N2O. The van der Waals surface area contributed by atoms with Gasteiger partial charge in [0.1, 0.15) is 0 Å². The first-order valence-corrected chi connectivity index (χ1v) is 3.96. The van der Waals surface area contributed by atoms with E-state index in [1.54, 1.807) is 19.3 Å². The van der Waals surface area contributed by atoms with Gasteiger partial charge in [-0.05, 0) is 25.0 Å². The Morgan fingerprint density at radius 2 is 2.17 bits per heavy atom. The van der Waals surface area contributed by atoms with Gasteiger partial charge in [0.15, 0.2) is 0 Å². The number of aromatic nitrogens is 1. The Kier molecular flexibility index (Phi) is 2.78. The highest BCUT2D eigenvalue weighted by molar-refractivity contribution is 5.20. The van der Waals surface area contributed by atoms with Crippen molar-refractivity contribution < 1.29 is 5.11 Å². The summed E-state index contributed by atoms with van der Waals surface area (Å²) in [4.78, 5) is 4.00. The molecule has 0 aromatic carbocycles. The number of aliphatic hydroxyl groups excluding tert-OH is 1. The van der Waals surface area contributed by atoms with Gasteiger partial charge in [0.2, 0.25) is 0 Å². The summed E-state index contributed by atoms with van der Waals surface area (Å²) in [5.74, 6) is 0. The zero-order valence-electron chi connectivity index (χ0n) is 7.36. The molecule has 12 heavy (non-hydrogen) atoms. The van der Waals surface area contributed by atoms with Crippen LogP contribution >= 0.6 is 0 Å². The minimum Gasteiger partial charge on any atom is -0.391 e. The van der Waals surface area contributed by atoms with Gasteiger partial charge in [-0.1, -0.05) is 6.07 Å². The van der Waals surface area contributed by atoms with Crippen LogP contribution < -0.4 is 5.73 Å². The van der Waals surface area contributed by atoms with Crippen LogP contribution in [0.25, 0.3) is 0 Å². The van der Waals surface area contributed by atoms with Crippen molar-refractivity contribution in [1.82, 2.24) is 4.98 Å². The highest BCUT2D eigenvalue weighted by Crippen LogP contribution is 2.13. The summed E-state index contributed by atoms with van der Waals surface area (Å²) < 4.78 is 0. The number of nitrogens with two attached hydrogens (primary N) is 1. The minimum atomic E-state index is -0.534. The molecule has 0 amide bonds. The molecular weight excluding hydrogens is 152 g/mol. The van der Waals surface area contributed by atoms with Gasteiger partial charge in [-0.3, -0.25) is 4.98 Å². The quantitative estimate of drug-likeness (QED) is 0.682. The van der Waals surface area contributed by atoms with E-state index in [9.17, 15) is 5.11 Å². The fourth-order valence-electron chi connectivity index (χ4n) is 1.04. The van der Waals surface area contributed by atoms with Crippen LogP contribution in [0.1, 0.15) is 24.1 Å². The van der Waals surface area contributed by atoms with Gasteiger partial charge in [0, 0.05) is 12.4 Å². The second kappa shape index (κ2) is 3.65. The third-order valence-electron chi connectivity index (χ3n) is 1.80. The molecule has 1 rings (SSSR count). The lowest BCUT2D eigenvalue weighted by Gasteiger charge is -2.14. The van der Waals surface area contributed by atoms with Gasteiger partial charge < -0.3 is 10.8 Å². The van der Waals surface area contributed by atoms with Crippen molar-refractivity contribution in [3.8, 4) is 0 Å². The molecule has 0 unspecified atom stereocenters. The lowest BCUT2D eigenvalue weighted by molar-refractivity contribution is 0.164. The molecule has 2 atom stereocenters. The van der Waals surface area contributed by atoms with E-state index in [0.29, 0.717) is 0 Å². The smallest absolute Gasteiger partial charge is 0.0705 e. The number of aliphatic hydroxyl groups is 1. The summed E-state index contributed by atoms with van der Waals surface area (Å²) in [5, 5.41) is 9.21. The van der Waals surface area contributed by atoms with Crippen molar-refractivity contribution in [2.24, 2.45) is 5.73 Å². The Balaban J connectivity index is 2.88. The van der Waals surface area contributed by atoms with Crippen LogP contribution in [0.4, 0.5) is 0 Å². The molecule has 0 aliphatic heterocycles. The van der Waals surface area contributed by atoms with Gasteiger partial charge in [-0.15, -0.1) is 0 Å². The Morgan fingerprint density at radius 1 is 1.50 bits per heavy atom. The Hall–Kier alpha value is -0.930. The molecule has 0 fully saturated rings. The third kappa shape index (κ3) is 2.03. The molecule has 3 nitrogen and oxygen atoms in total. The van der Waals surface area contributed by atoms with Crippen LogP contribution in [-0.2, 0) is 0 Å². The molecule has 0 aliphatic carbocycles. The second-order valence-electron chi connectivity index (χ2n) is 3.06. The standard InChI is InChI=1S/C9H14N2O/c1-6-3-8(5-11-4-6)9(10)7(2)12/h3-5,7,9,12H,10H2,1-2H3/t7-,9+/m1/s1. The summed E-state index contributed by atoms with van der Waals surface area (Å²) in [6.07, 6.45) is 2.91. The van der Waals surface area contributed by atoms with Crippen molar-refractivity contribution in [1.29, 1.82) is 0 Å². The largest absolute Gasteiger partial charge is 0.391 e. The van der Waals surface area contributed by atoms with Crippen molar-refractivity contribution in [2.45, 2.75) is 26.0 Å². The van der Waals surface area contributed by atoms with Crippen molar-refractivity contribution in [3.05, 3.63) is 29.6 Å². The maximum atomic E-state index is 9.21. The summed E-state index contributed by atoms with van der Waals surface area (Å²) in [6, 6.07) is 1.60. The van der Waals surface area contributed by atoms with Crippen LogP contribution in [0.3, 0.4) is 0 Å². The van der Waals surface area contributed by atoms with E-state index in [1.165, 1.54) is 0 Å². The molecule has 1 heterocycles. The fourth-order valence-corrected chi connectivity index (χ4v) is 1.04. The first kappa shape index (κ1) is 9.16. The summed E-state index contributed by atoms with van der Waals surface area (Å²) >= 11 is 0. The molecule has 0 spiro atoms. The molecule has 0 aliphatic rings. The lowest BCUT2D eigenvalue weighted by atomic mass is 10.0. The van der Waals surface area contributed by atoms with Gasteiger partial charge in [0.05, 0.1) is 12.1 Å². The molecule has 0 saturated carbocycles. The molecule has 66 valence electrons. The maximum absolute atomic E-state index is 9.21. The Labute approximate surface area is 72.2 Å². The zero-order valence-corrected chi connectivity index (χ0v) is 7.36. The van der Waals surface area contributed by atoms with E-state index in [4.69, 9.17) is 5.73 Å². The Morgan fingerprint density at radius 3 is 2.67 bits per heavy atom. The number of aryl methyl sites for hydroxylation is 1. The fraction of sp³-hybridized carbons (Fsp3) is 0.444. The van der Waals surface area contributed by atoms with Crippen molar-refractivity contribution in [2.75, 3.05) is 0 Å². The van der Waals surface area contributed by atoms with Crippen molar-refractivity contribution >= 4 is 0 Å². The minimum absolute atomic E-state index is 0.336. The molecule has 0 radical (unpaired) electrons. The van der Waals surface area contributed by atoms with Crippen LogP contribution in [0.5, 0.6) is 0 Å². The molecule has 0 saturated heterocycles. The first-order chi connectivity index (χ1) is 5.61. The van der Waals surface area contributed by atoms with E-state index in [0.717, 1.165) is 11.1 Å². The van der Waals surface area contributed by atoms with Crippen LogP contribution in [0.15, 0.2) is 18.5 Å². The number of hydrogen-bond acceptors (Lipinski definition) is 3. The molecule has 1 aromatic rings. The monoisotopic (exact) mass is 166 g/mol. The average molecular weight is 166 g/mol. The van der Waals surface area contributed by atoms with Gasteiger partial charge in [0.25, 0.3) is 0 Å². The van der Waals surface area contributed by atoms with Crippen LogP contribution in [0, 0.1) is 6.92 Å². The van der Waals surface area contributed by atoms with E-state index < -0.39 is 6.10 Å². The van der Waals surface area contributed by atoms with E-state index in [1.807, 2.05) is 13.0 Å². The number of nitrogens with zero attached hydrogens (tertiary/aromatic N) is 1. The van der Waals surface area contributed by atoms with Crippen LogP contribution in [-0.4, -0.2) is 16.2 Å². The van der Waals surface area contributed by atoms with Gasteiger partial charge >= 0.3 is 0 Å². The third-order valence-corrected chi connectivity index (χ3v) is 1.80. The molecule has 3 N–H and O–H groups in total. The number of rotatable bonds is 2. The Bertz CT molecular complexity index is 260. The predicted molar refractivity (Wildman–Crippen MR) is 47.6 cm³/mol. The second-order valence-corrected chi connectivity index (χ2v) is 3.06. The topological polar surface area (TPSA) is 59.1 Å². The average Bonchev–Trinajstić information content (AvgIpc) is 2.03. The van der Waals surface area contributed by atoms with E-state index in [-0.39, 0.29) is 6.04 Å². The molecule has 1 aromatic heterocycles. The van der Waals surface area contributed by atoms with Crippen molar-refractivity contribution in [3.63, 3.8) is 0 Å². The summed E-state index contributed by atoms with van der Waals surface area (Å²) in [7, 11) is 0. The predicted octanol–water partition coefficient (Wildman–Crippen LogP) is 0.771. The number of pyridine rings is 1. The first-order valence-electron chi connectivity index (χ1n) is 3.96. The highest BCUT2D eigenvalue weighted by Gasteiger charge is 2.11. The zero-order chi connectivity index (χ0) is 9.14. The van der Waals surface area contributed by atoms with Gasteiger partial charge in [-0.2, -0.15) is 0 Å². The van der Waals surface area contributed by atoms with E-state index >= 15 is 0 Å². The summed E-state index contributed by atoms with van der Waals surface area (Å²) in [5.41, 5.74) is 7.66. The summed E-state index contributed by atoms with van der Waals surface area (Å²) in [6.45, 7) is 3.62. The van der Waals surface area contributed by atoms with Gasteiger partial charge in [-0.25, -0.2) is 0 Å². The SMILES string of the molecule is Cc1cncc([C@@H](N)[C@@H](C)O)c1. The maximum Gasteiger partial charge on any atom is 0.0705 e. The van der Waals surface area contributed by atoms with E-state index in [2.05, 4.69) is 4.98 Å². The number of hydrogen-bond donors (Lipinski definition) is 2. The highest BCUT2D eigenvalue weighted by atomic mass is 16.3.